The van der Waals surface area contributed by atoms with Gasteiger partial charge in [-0.1, -0.05) is 42.5 Å². The molecular formula is C19H16N2O2. The number of benzene rings is 2. The van der Waals surface area contributed by atoms with Crippen LogP contribution in [0.2, 0.25) is 0 Å². The van der Waals surface area contributed by atoms with Crippen molar-refractivity contribution >= 4 is 11.8 Å². The van der Waals surface area contributed by atoms with Gasteiger partial charge in [0.25, 0.3) is 0 Å². The molecule has 1 aromatic heterocycles. The van der Waals surface area contributed by atoms with Crippen LogP contribution in [0.1, 0.15) is 0 Å². The van der Waals surface area contributed by atoms with Gasteiger partial charge in [0.2, 0.25) is 0 Å². The fourth-order valence-electron chi connectivity index (χ4n) is 2.20. The fourth-order valence-corrected chi connectivity index (χ4v) is 2.20. The van der Waals surface area contributed by atoms with Crippen molar-refractivity contribution in [3.05, 3.63) is 79.1 Å². The molecule has 1 amide bonds. The molecule has 0 aliphatic rings. The molecule has 23 heavy (non-hydrogen) atoms. The lowest BCUT2D eigenvalue weighted by molar-refractivity contribution is 0.209. The maximum atomic E-state index is 12.2. The first-order chi connectivity index (χ1) is 11.2. The van der Waals surface area contributed by atoms with Gasteiger partial charge in [0, 0.05) is 13.2 Å². The third-order valence-electron chi connectivity index (χ3n) is 3.45. The van der Waals surface area contributed by atoms with Crippen molar-refractivity contribution in [2.75, 3.05) is 11.9 Å². The van der Waals surface area contributed by atoms with Crippen molar-refractivity contribution in [3.63, 3.8) is 0 Å². The summed E-state index contributed by atoms with van der Waals surface area (Å²) in [5, 5.41) is 0. The summed E-state index contributed by atoms with van der Waals surface area (Å²) in [7, 11) is 1.65. The number of amides is 1. The largest absolute Gasteiger partial charge is 0.419 e. The molecular weight excluding hydrogens is 288 g/mol. The number of anilines is 1. The molecule has 0 aliphatic heterocycles. The highest BCUT2D eigenvalue weighted by Crippen LogP contribution is 2.24. The number of rotatable bonds is 3. The molecule has 2 aromatic carbocycles. The van der Waals surface area contributed by atoms with Crippen LogP contribution in [0.5, 0.6) is 5.75 Å². The van der Waals surface area contributed by atoms with Gasteiger partial charge >= 0.3 is 6.09 Å². The summed E-state index contributed by atoms with van der Waals surface area (Å²) < 4.78 is 5.45. The molecule has 3 rings (SSSR count). The molecule has 4 heteroatoms. The molecule has 0 atom stereocenters. The number of carbonyl (C=O) groups is 1. The maximum absolute atomic E-state index is 12.2. The molecule has 1 heterocycles. The molecule has 0 aliphatic carbocycles. The highest BCUT2D eigenvalue weighted by atomic mass is 16.6. The molecule has 0 radical (unpaired) electrons. The van der Waals surface area contributed by atoms with E-state index in [0.29, 0.717) is 11.4 Å². The minimum Gasteiger partial charge on any atom is -0.410 e. The summed E-state index contributed by atoms with van der Waals surface area (Å²) in [5.41, 5.74) is 2.75. The molecule has 0 N–H and O–H groups in total. The Labute approximate surface area is 135 Å². The molecule has 0 bridgehead atoms. The van der Waals surface area contributed by atoms with E-state index in [9.17, 15) is 4.79 Å². The molecule has 4 nitrogen and oxygen atoms in total. The standard InChI is InChI=1S/C19H16N2O2/c1-21(17-10-6-12-20-14-17)19(22)23-18-11-5-9-16(13-18)15-7-3-2-4-8-15/h2-14H,1H3. The van der Waals surface area contributed by atoms with Crippen LogP contribution >= 0.6 is 0 Å². The minimum atomic E-state index is -0.455. The molecule has 0 saturated carbocycles. The van der Waals surface area contributed by atoms with E-state index in [1.807, 2.05) is 48.5 Å². The SMILES string of the molecule is CN(C(=O)Oc1cccc(-c2ccccc2)c1)c1cccnc1. The summed E-state index contributed by atoms with van der Waals surface area (Å²) in [5.74, 6) is 0.507. The molecule has 0 unspecified atom stereocenters. The third-order valence-corrected chi connectivity index (χ3v) is 3.45. The predicted octanol–water partition coefficient (Wildman–Crippen LogP) is 4.38. The normalized spacial score (nSPS) is 10.1. The van der Waals surface area contributed by atoms with Crippen LogP contribution in [0, 0.1) is 0 Å². The third kappa shape index (κ3) is 3.55. The Balaban J connectivity index is 1.77. The number of pyridine rings is 1. The second-order valence-corrected chi connectivity index (χ2v) is 5.03. The number of hydrogen-bond donors (Lipinski definition) is 0. The van der Waals surface area contributed by atoms with E-state index in [0.717, 1.165) is 11.1 Å². The number of carbonyl (C=O) groups excluding carboxylic acids is 1. The summed E-state index contributed by atoms with van der Waals surface area (Å²) in [6, 6.07) is 21.0. The number of aromatic nitrogens is 1. The van der Waals surface area contributed by atoms with Crippen LogP contribution < -0.4 is 9.64 Å². The molecule has 114 valence electrons. The van der Waals surface area contributed by atoms with Crippen LogP contribution in [0.25, 0.3) is 11.1 Å². The van der Waals surface area contributed by atoms with Crippen LogP contribution in [-0.2, 0) is 0 Å². The Morgan fingerprint density at radius 3 is 2.48 bits per heavy atom. The summed E-state index contributed by atoms with van der Waals surface area (Å²) >= 11 is 0. The zero-order chi connectivity index (χ0) is 16.1. The zero-order valence-electron chi connectivity index (χ0n) is 12.7. The van der Waals surface area contributed by atoms with Crippen LogP contribution in [0.15, 0.2) is 79.1 Å². The zero-order valence-corrected chi connectivity index (χ0v) is 12.7. The number of nitrogens with zero attached hydrogens (tertiary/aromatic N) is 2. The highest BCUT2D eigenvalue weighted by molar-refractivity contribution is 5.88. The van der Waals surface area contributed by atoms with Crippen molar-refractivity contribution in [2.45, 2.75) is 0 Å². The summed E-state index contributed by atoms with van der Waals surface area (Å²) in [6.07, 6.45) is 2.82. The first-order valence-electron chi connectivity index (χ1n) is 7.25. The average Bonchev–Trinajstić information content (AvgIpc) is 2.63. The van der Waals surface area contributed by atoms with E-state index in [2.05, 4.69) is 4.98 Å². The number of ether oxygens (including phenoxy) is 1. The number of hydrogen-bond acceptors (Lipinski definition) is 3. The van der Waals surface area contributed by atoms with Gasteiger partial charge < -0.3 is 4.74 Å². The highest BCUT2D eigenvalue weighted by Gasteiger charge is 2.13. The predicted molar refractivity (Wildman–Crippen MR) is 90.5 cm³/mol. The Bertz CT molecular complexity index is 789. The van der Waals surface area contributed by atoms with Crippen LogP contribution in [0.3, 0.4) is 0 Å². The minimum absolute atomic E-state index is 0.455. The lowest BCUT2D eigenvalue weighted by Gasteiger charge is -2.16. The maximum Gasteiger partial charge on any atom is 0.419 e. The lowest BCUT2D eigenvalue weighted by Crippen LogP contribution is -2.29. The van der Waals surface area contributed by atoms with E-state index >= 15 is 0 Å². The Hall–Kier alpha value is -3.14. The van der Waals surface area contributed by atoms with Gasteiger partial charge in [0.05, 0.1) is 11.9 Å². The molecule has 0 spiro atoms. The monoisotopic (exact) mass is 304 g/mol. The van der Waals surface area contributed by atoms with Gasteiger partial charge in [-0.3, -0.25) is 9.88 Å². The van der Waals surface area contributed by atoms with Gasteiger partial charge in [0.15, 0.2) is 0 Å². The van der Waals surface area contributed by atoms with E-state index in [1.165, 1.54) is 4.90 Å². The quantitative estimate of drug-likeness (QED) is 0.721. The summed E-state index contributed by atoms with van der Waals surface area (Å²) in [4.78, 5) is 17.7. The summed E-state index contributed by atoms with van der Waals surface area (Å²) in [6.45, 7) is 0. The van der Waals surface area contributed by atoms with Gasteiger partial charge in [-0.2, -0.15) is 0 Å². The first kappa shape index (κ1) is 14.8. The lowest BCUT2D eigenvalue weighted by atomic mass is 10.1. The van der Waals surface area contributed by atoms with Crippen molar-refractivity contribution in [2.24, 2.45) is 0 Å². The Morgan fingerprint density at radius 1 is 0.957 bits per heavy atom. The molecule has 0 saturated heterocycles. The van der Waals surface area contributed by atoms with Gasteiger partial charge in [-0.05, 0) is 35.4 Å². The van der Waals surface area contributed by atoms with Crippen molar-refractivity contribution < 1.29 is 9.53 Å². The smallest absolute Gasteiger partial charge is 0.410 e. The first-order valence-corrected chi connectivity index (χ1v) is 7.25. The second kappa shape index (κ2) is 6.75. The van der Waals surface area contributed by atoms with Gasteiger partial charge in [-0.25, -0.2) is 4.79 Å². The average molecular weight is 304 g/mol. The van der Waals surface area contributed by atoms with Crippen molar-refractivity contribution in [1.82, 2.24) is 4.98 Å². The van der Waals surface area contributed by atoms with E-state index in [-0.39, 0.29) is 0 Å². The Kier molecular flexibility index (Phi) is 4.34. The van der Waals surface area contributed by atoms with Gasteiger partial charge in [-0.15, -0.1) is 0 Å². The van der Waals surface area contributed by atoms with Crippen LogP contribution in [0.4, 0.5) is 10.5 Å². The molecule has 3 aromatic rings. The van der Waals surface area contributed by atoms with E-state index in [1.54, 1.807) is 37.6 Å². The molecule has 0 fully saturated rings. The van der Waals surface area contributed by atoms with Crippen LogP contribution in [-0.4, -0.2) is 18.1 Å². The van der Waals surface area contributed by atoms with E-state index < -0.39 is 6.09 Å². The topological polar surface area (TPSA) is 42.4 Å². The van der Waals surface area contributed by atoms with E-state index in [4.69, 9.17) is 4.74 Å². The van der Waals surface area contributed by atoms with Crippen molar-refractivity contribution in [3.8, 4) is 16.9 Å². The fraction of sp³-hybridized carbons (Fsp3) is 0.0526. The Morgan fingerprint density at radius 2 is 1.74 bits per heavy atom. The van der Waals surface area contributed by atoms with Crippen molar-refractivity contribution in [1.29, 1.82) is 0 Å². The van der Waals surface area contributed by atoms with Gasteiger partial charge in [0.1, 0.15) is 5.75 Å². The second-order valence-electron chi connectivity index (χ2n) is 5.03.